The van der Waals surface area contributed by atoms with Gasteiger partial charge in [-0.05, 0) is 25.3 Å². The van der Waals surface area contributed by atoms with Gasteiger partial charge in [-0.2, -0.15) is 0 Å². The van der Waals surface area contributed by atoms with E-state index in [2.05, 4.69) is 5.32 Å². The van der Waals surface area contributed by atoms with Crippen LogP contribution in [0.4, 0.5) is 0 Å². The van der Waals surface area contributed by atoms with Crippen LogP contribution in [0.5, 0.6) is 0 Å². The fraction of sp³-hybridized carbons (Fsp3) is 0.389. The Bertz CT molecular complexity index is 636. The molecule has 24 heavy (non-hydrogen) atoms. The Morgan fingerprint density at radius 3 is 2.67 bits per heavy atom. The fourth-order valence-electron chi connectivity index (χ4n) is 2.80. The van der Waals surface area contributed by atoms with Crippen LogP contribution in [-0.4, -0.2) is 35.1 Å². The maximum atomic E-state index is 12.4. The summed E-state index contributed by atoms with van der Waals surface area (Å²) in [6.45, 7) is 2.52. The molecule has 6 nitrogen and oxygen atoms in total. The normalized spacial score (nSPS) is 17.6. The zero-order valence-electron chi connectivity index (χ0n) is 13.8. The molecule has 1 saturated heterocycles. The van der Waals surface area contributed by atoms with Crippen LogP contribution in [0.2, 0.25) is 0 Å². The molecular weight excluding hydrogens is 306 g/mol. The van der Waals surface area contributed by atoms with Gasteiger partial charge < -0.3 is 16.0 Å². The van der Waals surface area contributed by atoms with Crippen LogP contribution in [0.15, 0.2) is 42.1 Å². The Morgan fingerprint density at radius 2 is 2.00 bits per heavy atom. The summed E-state index contributed by atoms with van der Waals surface area (Å²) < 4.78 is 0. The van der Waals surface area contributed by atoms with Gasteiger partial charge in [-0.1, -0.05) is 30.3 Å². The lowest BCUT2D eigenvalue weighted by atomic mass is 10.1. The van der Waals surface area contributed by atoms with Gasteiger partial charge in [0.1, 0.15) is 6.04 Å². The highest BCUT2D eigenvalue weighted by Crippen LogP contribution is 2.19. The lowest BCUT2D eigenvalue weighted by molar-refractivity contribution is -0.140. The topological polar surface area (TPSA) is 92.5 Å². The second kappa shape index (κ2) is 8.29. The molecule has 1 aromatic rings. The van der Waals surface area contributed by atoms with Crippen LogP contribution in [0, 0.1) is 0 Å². The van der Waals surface area contributed by atoms with Crippen molar-refractivity contribution in [2.45, 2.75) is 38.8 Å². The number of likely N-dealkylation sites (tertiary alicyclic amines) is 1. The van der Waals surface area contributed by atoms with Crippen LogP contribution < -0.4 is 11.1 Å². The number of carbonyl (C=O) groups excluding carboxylic acids is 3. The van der Waals surface area contributed by atoms with E-state index in [0.29, 0.717) is 25.2 Å². The van der Waals surface area contributed by atoms with Crippen LogP contribution >= 0.6 is 0 Å². The summed E-state index contributed by atoms with van der Waals surface area (Å²) in [4.78, 5) is 37.9. The molecule has 3 N–H and O–H groups in total. The third kappa shape index (κ3) is 4.94. The zero-order chi connectivity index (χ0) is 17.5. The van der Waals surface area contributed by atoms with Gasteiger partial charge in [0.2, 0.25) is 11.8 Å². The summed E-state index contributed by atoms with van der Waals surface area (Å²) in [5.74, 6) is -0.840. The van der Waals surface area contributed by atoms with E-state index in [1.54, 1.807) is 6.92 Å². The van der Waals surface area contributed by atoms with E-state index in [1.165, 1.54) is 11.0 Å². The van der Waals surface area contributed by atoms with E-state index >= 15 is 0 Å². The van der Waals surface area contributed by atoms with Crippen molar-refractivity contribution in [1.82, 2.24) is 10.2 Å². The fourth-order valence-corrected chi connectivity index (χ4v) is 2.80. The van der Waals surface area contributed by atoms with Gasteiger partial charge in [-0.3, -0.25) is 14.4 Å². The molecule has 6 heteroatoms. The molecule has 0 radical (unpaired) electrons. The molecule has 1 aromatic carbocycles. The summed E-state index contributed by atoms with van der Waals surface area (Å²) in [5.41, 5.74) is 6.81. The molecule has 1 aliphatic rings. The van der Waals surface area contributed by atoms with Crippen molar-refractivity contribution in [1.29, 1.82) is 0 Å². The van der Waals surface area contributed by atoms with Gasteiger partial charge in [0.05, 0.1) is 6.42 Å². The van der Waals surface area contributed by atoms with Gasteiger partial charge in [-0.15, -0.1) is 0 Å². The van der Waals surface area contributed by atoms with Crippen LogP contribution in [-0.2, 0) is 20.9 Å². The summed E-state index contributed by atoms with van der Waals surface area (Å²) in [7, 11) is 0. The maximum Gasteiger partial charge on any atom is 0.243 e. The second-order valence-electron chi connectivity index (χ2n) is 5.98. The van der Waals surface area contributed by atoms with Gasteiger partial charge in [-0.25, -0.2) is 0 Å². The maximum absolute atomic E-state index is 12.4. The van der Waals surface area contributed by atoms with Crippen molar-refractivity contribution in [3.63, 3.8) is 0 Å². The molecule has 2 amide bonds. The van der Waals surface area contributed by atoms with Crippen molar-refractivity contribution < 1.29 is 14.4 Å². The molecule has 0 spiro atoms. The lowest BCUT2D eigenvalue weighted by Crippen LogP contribution is -2.46. The van der Waals surface area contributed by atoms with Gasteiger partial charge in [0, 0.05) is 24.9 Å². The predicted molar refractivity (Wildman–Crippen MR) is 90.6 cm³/mol. The number of ketones is 1. The molecule has 0 bridgehead atoms. The van der Waals surface area contributed by atoms with Crippen molar-refractivity contribution >= 4 is 17.6 Å². The number of rotatable bonds is 6. The number of allylic oxidation sites excluding steroid dienone is 2. The monoisotopic (exact) mass is 329 g/mol. The molecule has 1 atom stereocenters. The number of nitrogens with two attached hydrogens (primary N) is 1. The number of nitrogens with one attached hydrogen (secondary N) is 1. The molecule has 1 fully saturated rings. The number of amides is 2. The predicted octanol–water partition coefficient (Wildman–Crippen LogP) is 1.12. The average Bonchev–Trinajstić information content (AvgIpc) is 3.02. The zero-order valence-corrected chi connectivity index (χ0v) is 13.8. The minimum absolute atomic E-state index is 0.178. The highest BCUT2D eigenvalue weighted by atomic mass is 16.2. The first kappa shape index (κ1) is 17.7. The van der Waals surface area contributed by atoms with Crippen LogP contribution in [0.25, 0.3) is 0 Å². The Kier molecular flexibility index (Phi) is 6.12. The standard InChI is InChI=1S/C18H23N3O3/c1-13(19)10-15(22)11-17(23)21-9-5-8-16(21)18(24)20-12-14-6-3-2-4-7-14/h2-4,6-7,10,16H,5,8-9,11-12,19H2,1H3,(H,20,24)/t16-/m0/s1. The molecular formula is C18H23N3O3. The van der Waals surface area contributed by atoms with E-state index in [0.717, 1.165) is 12.0 Å². The third-order valence-electron chi connectivity index (χ3n) is 3.90. The third-order valence-corrected chi connectivity index (χ3v) is 3.90. The van der Waals surface area contributed by atoms with E-state index in [1.807, 2.05) is 30.3 Å². The van der Waals surface area contributed by atoms with Crippen molar-refractivity contribution in [2.75, 3.05) is 6.54 Å². The first-order chi connectivity index (χ1) is 11.5. The molecule has 0 unspecified atom stereocenters. The number of hydrogen-bond donors (Lipinski definition) is 2. The van der Waals surface area contributed by atoms with E-state index < -0.39 is 6.04 Å². The summed E-state index contributed by atoms with van der Waals surface area (Å²) in [5, 5.41) is 2.86. The molecule has 1 aliphatic heterocycles. The highest BCUT2D eigenvalue weighted by molar-refractivity contribution is 6.05. The van der Waals surface area contributed by atoms with Gasteiger partial charge in [0.25, 0.3) is 0 Å². The van der Waals surface area contributed by atoms with E-state index in [4.69, 9.17) is 5.73 Å². The smallest absolute Gasteiger partial charge is 0.243 e. The number of carbonyl (C=O) groups is 3. The van der Waals surface area contributed by atoms with Crippen LogP contribution in [0.1, 0.15) is 31.7 Å². The first-order valence-corrected chi connectivity index (χ1v) is 8.05. The van der Waals surface area contributed by atoms with E-state index in [-0.39, 0.29) is 24.0 Å². The molecule has 2 rings (SSSR count). The Morgan fingerprint density at radius 1 is 1.29 bits per heavy atom. The minimum Gasteiger partial charge on any atom is -0.402 e. The second-order valence-corrected chi connectivity index (χ2v) is 5.98. The number of hydrogen-bond acceptors (Lipinski definition) is 4. The Labute approximate surface area is 141 Å². The SMILES string of the molecule is CC(N)=CC(=O)CC(=O)N1CCC[C@H]1C(=O)NCc1ccccc1. The van der Waals surface area contributed by atoms with Crippen molar-refractivity contribution in [3.8, 4) is 0 Å². The largest absolute Gasteiger partial charge is 0.402 e. The van der Waals surface area contributed by atoms with E-state index in [9.17, 15) is 14.4 Å². The summed E-state index contributed by atoms with van der Waals surface area (Å²) >= 11 is 0. The average molecular weight is 329 g/mol. The molecule has 0 saturated carbocycles. The first-order valence-electron chi connectivity index (χ1n) is 8.05. The van der Waals surface area contributed by atoms with Crippen molar-refractivity contribution in [3.05, 3.63) is 47.7 Å². The number of benzene rings is 1. The number of nitrogens with zero attached hydrogens (tertiary/aromatic N) is 1. The molecule has 1 heterocycles. The van der Waals surface area contributed by atoms with Gasteiger partial charge in [0.15, 0.2) is 5.78 Å². The Hall–Kier alpha value is -2.63. The van der Waals surface area contributed by atoms with Crippen LogP contribution in [0.3, 0.4) is 0 Å². The summed E-state index contributed by atoms with van der Waals surface area (Å²) in [6, 6.07) is 9.08. The molecule has 128 valence electrons. The minimum atomic E-state index is -0.503. The molecule has 0 aromatic heterocycles. The van der Waals surface area contributed by atoms with Gasteiger partial charge >= 0.3 is 0 Å². The lowest BCUT2D eigenvalue weighted by Gasteiger charge is -2.23. The Balaban J connectivity index is 1.91. The molecule has 0 aliphatic carbocycles. The highest BCUT2D eigenvalue weighted by Gasteiger charge is 2.34. The van der Waals surface area contributed by atoms with Crippen molar-refractivity contribution in [2.24, 2.45) is 5.73 Å². The quantitative estimate of drug-likeness (QED) is 0.604. The summed E-state index contributed by atoms with van der Waals surface area (Å²) in [6.07, 6.45) is 2.37.